The summed E-state index contributed by atoms with van der Waals surface area (Å²) < 4.78 is 26.9. The summed E-state index contributed by atoms with van der Waals surface area (Å²) in [7, 11) is -3.18. The summed E-state index contributed by atoms with van der Waals surface area (Å²) in [6.45, 7) is 5.63. The fraction of sp³-hybridized carbons (Fsp3) is 0.667. The van der Waals surface area contributed by atoms with Crippen LogP contribution >= 0.6 is 0 Å². The van der Waals surface area contributed by atoms with E-state index < -0.39 is 10.0 Å². The van der Waals surface area contributed by atoms with Crippen molar-refractivity contribution >= 4 is 10.0 Å². The van der Waals surface area contributed by atoms with Crippen molar-refractivity contribution in [3.63, 3.8) is 0 Å². The number of nitrogens with zero attached hydrogens (tertiary/aromatic N) is 1. The molecule has 1 saturated heterocycles. The van der Waals surface area contributed by atoms with E-state index in [4.69, 9.17) is 0 Å². The quantitative estimate of drug-likeness (QED) is 0.900. The highest BCUT2D eigenvalue weighted by Crippen LogP contribution is 2.22. The monoisotopic (exact) mass is 337 g/mol. The predicted molar refractivity (Wildman–Crippen MR) is 92.8 cm³/mol. The molecule has 1 aliphatic heterocycles. The van der Waals surface area contributed by atoms with Crippen molar-refractivity contribution in [2.75, 3.05) is 26.2 Å². The first-order valence-corrected chi connectivity index (χ1v) is 10.5. The van der Waals surface area contributed by atoms with Crippen molar-refractivity contribution in [2.24, 2.45) is 5.92 Å². The molecule has 5 heteroatoms. The van der Waals surface area contributed by atoms with E-state index in [9.17, 15) is 8.42 Å². The van der Waals surface area contributed by atoms with Crippen LogP contribution in [0.5, 0.6) is 0 Å². The number of quaternary nitrogens is 1. The third-order valence-corrected chi connectivity index (χ3v) is 7.31. The van der Waals surface area contributed by atoms with Gasteiger partial charge in [0.15, 0.2) is 0 Å². The minimum Gasteiger partial charge on any atom is -0.330 e. The maximum atomic E-state index is 12.6. The third kappa shape index (κ3) is 4.34. The van der Waals surface area contributed by atoms with E-state index in [0.29, 0.717) is 13.1 Å². The first kappa shape index (κ1) is 16.9. The summed E-state index contributed by atoms with van der Waals surface area (Å²) >= 11 is 0. The molecule has 3 rings (SSSR count). The van der Waals surface area contributed by atoms with Gasteiger partial charge in [0.25, 0.3) is 0 Å². The van der Waals surface area contributed by atoms with Crippen molar-refractivity contribution in [1.29, 1.82) is 0 Å². The van der Waals surface area contributed by atoms with Gasteiger partial charge in [-0.05, 0) is 24.3 Å². The highest BCUT2D eigenvalue weighted by Gasteiger charge is 2.34. The molecule has 2 fully saturated rings. The first-order chi connectivity index (χ1) is 11.0. The molecule has 2 atom stereocenters. The second kappa shape index (κ2) is 7.32. The molecule has 0 spiro atoms. The average molecular weight is 338 g/mol. The van der Waals surface area contributed by atoms with E-state index >= 15 is 0 Å². The zero-order valence-electron chi connectivity index (χ0n) is 14.1. The topological polar surface area (TPSA) is 41.8 Å². The first-order valence-electron chi connectivity index (χ1n) is 8.91. The van der Waals surface area contributed by atoms with E-state index in [1.54, 1.807) is 9.21 Å². The Labute approximate surface area is 140 Å². The molecule has 1 aromatic rings. The van der Waals surface area contributed by atoms with Crippen LogP contribution in [0.4, 0.5) is 0 Å². The van der Waals surface area contributed by atoms with Crippen LogP contribution in [0, 0.1) is 5.92 Å². The van der Waals surface area contributed by atoms with E-state index in [-0.39, 0.29) is 5.75 Å². The van der Waals surface area contributed by atoms with Crippen LogP contribution in [0.15, 0.2) is 30.3 Å². The molecule has 1 aliphatic carbocycles. The molecule has 1 aromatic carbocycles. The van der Waals surface area contributed by atoms with Gasteiger partial charge in [-0.3, -0.25) is 0 Å². The molecule has 128 valence electrons. The molecular formula is C18H29N2O2S+. The minimum absolute atomic E-state index is 0.129. The van der Waals surface area contributed by atoms with Gasteiger partial charge in [0, 0.05) is 6.42 Å². The molecule has 1 heterocycles. The van der Waals surface area contributed by atoms with Crippen LogP contribution in [0.25, 0.3) is 0 Å². The van der Waals surface area contributed by atoms with Gasteiger partial charge in [0.05, 0.1) is 38.0 Å². The lowest BCUT2D eigenvalue weighted by Crippen LogP contribution is -3.18. The Morgan fingerprint density at radius 2 is 1.83 bits per heavy atom. The number of piperazine rings is 1. The lowest BCUT2D eigenvalue weighted by atomic mass is 9.86. The molecule has 23 heavy (non-hydrogen) atoms. The molecule has 0 bridgehead atoms. The Kier molecular flexibility index (Phi) is 5.39. The summed E-state index contributed by atoms with van der Waals surface area (Å²) in [4.78, 5) is 1.63. The zero-order chi connectivity index (χ0) is 16.3. The molecule has 0 aromatic heterocycles. The summed E-state index contributed by atoms with van der Waals surface area (Å²) in [6, 6.07) is 10.3. The Morgan fingerprint density at radius 1 is 1.13 bits per heavy atom. The van der Waals surface area contributed by atoms with Gasteiger partial charge in [-0.2, -0.15) is 4.31 Å². The van der Waals surface area contributed by atoms with Crippen molar-refractivity contribution in [3.8, 4) is 0 Å². The molecule has 0 unspecified atom stereocenters. The largest absolute Gasteiger partial charge is 0.330 e. The minimum atomic E-state index is -3.18. The second-order valence-electron chi connectivity index (χ2n) is 7.27. The molecule has 1 saturated carbocycles. The van der Waals surface area contributed by atoms with Crippen molar-refractivity contribution in [3.05, 3.63) is 35.9 Å². The summed E-state index contributed by atoms with van der Waals surface area (Å²) in [6.07, 6.45) is 5.33. The van der Waals surface area contributed by atoms with Crippen LogP contribution in [-0.4, -0.2) is 44.9 Å². The number of benzene rings is 1. The smallest absolute Gasteiger partial charge is 0.218 e. The Morgan fingerprint density at radius 3 is 2.48 bits per heavy atom. The standard InChI is InChI=1S/C18H28N2O2S/c1-16-6-5-9-18(14-16)19-10-12-20(13-11-19)23(21,22)15-17-7-3-2-4-8-17/h2-4,7-8,16,18H,5-6,9-15H2,1H3/p+1/t16-,18-/m1/s1. The fourth-order valence-corrected chi connectivity index (χ4v) is 5.68. The lowest BCUT2D eigenvalue weighted by molar-refractivity contribution is -0.930. The number of hydrogen-bond donors (Lipinski definition) is 1. The summed E-state index contributed by atoms with van der Waals surface area (Å²) in [5.41, 5.74) is 0.878. The number of hydrogen-bond acceptors (Lipinski definition) is 2. The van der Waals surface area contributed by atoms with E-state index in [1.165, 1.54) is 25.7 Å². The summed E-state index contributed by atoms with van der Waals surface area (Å²) in [5, 5.41) is 0. The number of sulfonamides is 1. The van der Waals surface area contributed by atoms with Crippen LogP contribution in [-0.2, 0) is 15.8 Å². The second-order valence-corrected chi connectivity index (χ2v) is 9.24. The van der Waals surface area contributed by atoms with Gasteiger partial charge < -0.3 is 4.90 Å². The molecule has 2 aliphatic rings. The van der Waals surface area contributed by atoms with Crippen molar-refractivity contribution in [2.45, 2.75) is 44.4 Å². The summed E-state index contributed by atoms with van der Waals surface area (Å²) in [5.74, 6) is 0.963. The van der Waals surface area contributed by atoms with Gasteiger partial charge in [0.2, 0.25) is 10.0 Å². The maximum Gasteiger partial charge on any atom is 0.218 e. The molecular weight excluding hydrogens is 308 g/mol. The number of rotatable bonds is 4. The Balaban J connectivity index is 1.55. The van der Waals surface area contributed by atoms with Crippen LogP contribution < -0.4 is 4.90 Å². The van der Waals surface area contributed by atoms with Gasteiger partial charge >= 0.3 is 0 Å². The van der Waals surface area contributed by atoms with Gasteiger partial charge in [0.1, 0.15) is 0 Å². The van der Waals surface area contributed by atoms with E-state index in [2.05, 4.69) is 6.92 Å². The van der Waals surface area contributed by atoms with Gasteiger partial charge in [-0.25, -0.2) is 8.42 Å². The molecule has 0 amide bonds. The zero-order valence-corrected chi connectivity index (χ0v) is 14.9. The van der Waals surface area contributed by atoms with E-state index in [1.807, 2.05) is 30.3 Å². The number of nitrogens with one attached hydrogen (secondary N) is 1. The highest BCUT2D eigenvalue weighted by molar-refractivity contribution is 7.88. The predicted octanol–water partition coefficient (Wildman–Crippen LogP) is 1.30. The fourth-order valence-electron chi connectivity index (χ4n) is 4.14. The maximum absolute atomic E-state index is 12.6. The Bertz CT molecular complexity index is 595. The van der Waals surface area contributed by atoms with E-state index in [0.717, 1.165) is 30.6 Å². The molecule has 4 nitrogen and oxygen atoms in total. The van der Waals surface area contributed by atoms with Crippen molar-refractivity contribution < 1.29 is 13.3 Å². The molecule has 0 radical (unpaired) electrons. The van der Waals surface area contributed by atoms with Gasteiger partial charge in [-0.15, -0.1) is 0 Å². The van der Waals surface area contributed by atoms with Crippen LogP contribution in [0.1, 0.15) is 38.2 Å². The van der Waals surface area contributed by atoms with Gasteiger partial charge in [-0.1, -0.05) is 43.7 Å². The highest BCUT2D eigenvalue weighted by atomic mass is 32.2. The lowest BCUT2D eigenvalue weighted by Gasteiger charge is -2.38. The SMILES string of the molecule is C[C@@H]1CCC[C@@H]([NH+]2CCN(S(=O)(=O)Cc3ccccc3)CC2)C1. The van der Waals surface area contributed by atoms with Crippen molar-refractivity contribution in [1.82, 2.24) is 4.31 Å². The average Bonchev–Trinajstić information content (AvgIpc) is 2.55. The Hall–Kier alpha value is -0.910. The van der Waals surface area contributed by atoms with Crippen LogP contribution in [0.2, 0.25) is 0 Å². The normalized spacial score (nSPS) is 27.9. The van der Waals surface area contributed by atoms with Crippen LogP contribution in [0.3, 0.4) is 0 Å². The molecule has 1 N–H and O–H groups in total. The third-order valence-electron chi connectivity index (χ3n) is 5.46.